The van der Waals surface area contributed by atoms with Crippen molar-refractivity contribution in [3.05, 3.63) is 64.7 Å². The first-order valence-corrected chi connectivity index (χ1v) is 8.57. The molecule has 7 heteroatoms. The van der Waals surface area contributed by atoms with Crippen molar-refractivity contribution in [1.29, 1.82) is 0 Å². The van der Waals surface area contributed by atoms with Gasteiger partial charge in [0.05, 0.1) is 12.0 Å². The Hall–Kier alpha value is -2.31. The summed E-state index contributed by atoms with van der Waals surface area (Å²) in [6.45, 7) is 0.433. The molecule has 2 aromatic rings. The molecule has 24 heavy (non-hydrogen) atoms. The fourth-order valence-electron chi connectivity index (χ4n) is 1.98. The molecule has 1 amide bonds. The molecule has 0 aliphatic carbocycles. The number of amidine groups is 1. The number of ether oxygens (including phenoxy) is 1. The van der Waals surface area contributed by atoms with Gasteiger partial charge in [0.25, 0.3) is 0 Å². The Balaban J connectivity index is 1.66. The van der Waals surface area contributed by atoms with Gasteiger partial charge in [0, 0.05) is 10.6 Å². The Morgan fingerprint density at radius 2 is 2.00 bits per heavy atom. The maximum atomic E-state index is 11.1. The molecule has 0 atom stereocenters. The Kier molecular flexibility index (Phi) is 5.51. The second kappa shape index (κ2) is 7.99. The molecule has 5 nitrogen and oxygen atoms in total. The summed E-state index contributed by atoms with van der Waals surface area (Å²) in [6.07, 6.45) is 1.61. The number of benzene rings is 2. The van der Waals surface area contributed by atoms with Crippen LogP contribution in [0.25, 0.3) is 0 Å². The van der Waals surface area contributed by atoms with E-state index in [0.29, 0.717) is 28.3 Å². The van der Waals surface area contributed by atoms with Crippen molar-refractivity contribution in [1.82, 2.24) is 5.32 Å². The van der Waals surface area contributed by atoms with Crippen molar-refractivity contribution in [3.8, 4) is 5.75 Å². The third kappa shape index (κ3) is 4.59. The average molecular weight is 360 g/mol. The molecule has 122 valence electrons. The number of halogens is 1. The van der Waals surface area contributed by atoms with E-state index >= 15 is 0 Å². The summed E-state index contributed by atoms with van der Waals surface area (Å²) < 4.78 is 5.84. The Labute approximate surface area is 148 Å². The van der Waals surface area contributed by atoms with E-state index in [1.807, 2.05) is 48.5 Å². The normalized spacial score (nSPS) is 15.9. The smallest absolute Gasteiger partial charge is 0.236 e. The molecule has 2 aromatic carbocycles. The first-order chi connectivity index (χ1) is 11.7. The summed E-state index contributed by atoms with van der Waals surface area (Å²) in [5.74, 6) is 1.04. The van der Waals surface area contributed by atoms with Gasteiger partial charge in [-0.05, 0) is 29.8 Å². The molecule has 1 fully saturated rings. The Morgan fingerprint density at radius 1 is 1.21 bits per heavy atom. The Morgan fingerprint density at radius 3 is 2.75 bits per heavy atom. The van der Waals surface area contributed by atoms with E-state index in [2.05, 4.69) is 15.5 Å². The SMILES string of the molecule is O=C1CS/C(=N\N=C\c2ccccc2OCc2ccc(Cl)cc2)N1. The van der Waals surface area contributed by atoms with Gasteiger partial charge in [-0.2, -0.15) is 5.10 Å². The largest absolute Gasteiger partial charge is 0.488 e. The predicted molar refractivity (Wildman–Crippen MR) is 97.9 cm³/mol. The lowest BCUT2D eigenvalue weighted by molar-refractivity contribution is -0.116. The molecule has 1 saturated heterocycles. The molecule has 1 heterocycles. The molecule has 0 radical (unpaired) electrons. The second-order valence-corrected chi connectivity index (χ2v) is 6.34. The van der Waals surface area contributed by atoms with E-state index in [0.717, 1.165) is 11.1 Å². The highest BCUT2D eigenvalue weighted by Crippen LogP contribution is 2.18. The fourth-order valence-corrected chi connectivity index (χ4v) is 2.74. The first kappa shape index (κ1) is 16.5. The lowest BCUT2D eigenvalue weighted by Crippen LogP contribution is -2.19. The topological polar surface area (TPSA) is 63.0 Å². The van der Waals surface area contributed by atoms with Gasteiger partial charge in [0.2, 0.25) is 5.91 Å². The summed E-state index contributed by atoms with van der Waals surface area (Å²) in [5, 5.41) is 11.8. The maximum Gasteiger partial charge on any atom is 0.236 e. The summed E-state index contributed by atoms with van der Waals surface area (Å²) in [6, 6.07) is 15.1. The molecule has 1 aliphatic heterocycles. The molecule has 0 unspecified atom stereocenters. The Bertz CT molecular complexity index is 791. The second-order valence-electron chi connectivity index (χ2n) is 4.94. The van der Waals surface area contributed by atoms with E-state index in [1.54, 1.807) is 6.21 Å². The van der Waals surface area contributed by atoms with Crippen molar-refractivity contribution in [2.75, 3.05) is 5.75 Å². The highest BCUT2D eigenvalue weighted by molar-refractivity contribution is 8.15. The van der Waals surface area contributed by atoms with E-state index < -0.39 is 0 Å². The molecule has 0 spiro atoms. The number of nitrogens with one attached hydrogen (secondary N) is 1. The van der Waals surface area contributed by atoms with Gasteiger partial charge in [-0.3, -0.25) is 4.79 Å². The number of carbonyl (C=O) groups excluding carboxylic acids is 1. The molecule has 3 rings (SSSR count). The summed E-state index contributed by atoms with van der Waals surface area (Å²) >= 11 is 7.21. The van der Waals surface area contributed by atoms with Gasteiger partial charge in [-0.25, -0.2) is 0 Å². The van der Waals surface area contributed by atoms with Gasteiger partial charge in [0.1, 0.15) is 12.4 Å². The number of para-hydroxylation sites is 1. The zero-order chi connectivity index (χ0) is 16.8. The van der Waals surface area contributed by atoms with Crippen LogP contribution in [-0.2, 0) is 11.4 Å². The number of thioether (sulfide) groups is 1. The third-order valence-electron chi connectivity index (χ3n) is 3.16. The minimum Gasteiger partial charge on any atom is -0.488 e. The third-order valence-corrected chi connectivity index (χ3v) is 4.27. The van der Waals surface area contributed by atoms with Crippen LogP contribution in [0, 0.1) is 0 Å². The van der Waals surface area contributed by atoms with Crippen LogP contribution < -0.4 is 10.1 Å². The minimum absolute atomic E-state index is 0.0550. The number of amides is 1. The number of rotatable bonds is 5. The molecule has 1 aliphatic rings. The van der Waals surface area contributed by atoms with Gasteiger partial charge in [-0.1, -0.05) is 47.6 Å². The molecule has 1 N–H and O–H groups in total. The van der Waals surface area contributed by atoms with E-state index in [4.69, 9.17) is 16.3 Å². The van der Waals surface area contributed by atoms with Crippen LogP contribution in [0.3, 0.4) is 0 Å². The van der Waals surface area contributed by atoms with Crippen LogP contribution in [0.5, 0.6) is 5.75 Å². The molecule has 0 bridgehead atoms. The van der Waals surface area contributed by atoms with Gasteiger partial charge >= 0.3 is 0 Å². The number of nitrogens with zero attached hydrogens (tertiary/aromatic N) is 2. The minimum atomic E-state index is -0.0550. The molecular formula is C17H14ClN3O2S. The van der Waals surface area contributed by atoms with Crippen LogP contribution in [-0.4, -0.2) is 23.0 Å². The quantitative estimate of drug-likeness (QED) is 0.656. The first-order valence-electron chi connectivity index (χ1n) is 7.21. The van der Waals surface area contributed by atoms with E-state index in [9.17, 15) is 4.79 Å². The highest BCUT2D eigenvalue weighted by atomic mass is 35.5. The fraction of sp³-hybridized carbons (Fsp3) is 0.118. The number of carbonyl (C=O) groups is 1. The molecular weight excluding hydrogens is 346 g/mol. The standard InChI is InChI=1S/C17H14ClN3O2S/c18-14-7-5-12(6-8-14)10-23-15-4-2-1-3-13(15)9-19-21-17-20-16(22)11-24-17/h1-9H,10-11H2,(H,20,21,22)/b19-9+. The van der Waals surface area contributed by atoms with Gasteiger partial charge < -0.3 is 10.1 Å². The van der Waals surface area contributed by atoms with Gasteiger partial charge in [-0.15, -0.1) is 5.10 Å². The monoisotopic (exact) mass is 359 g/mol. The average Bonchev–Trinajstić information content (AvgIpc) is 3.01. The van der Waals surface area contributed by atoms with Crippen LogP contribution in [0.1, 0.15) is 11.1 Å². The zero-order valence-electron chi connectivity index (χ0n) is 12.6. The maximum absolute atomic E-state index is 11.1. The van der Waals surface area contributed by atoms with Crippen molar-refractivity contribution in [3.63, 3.8) is 0 Å². The summed E-state index contributed by atoms with van der Waals surface area (Å²) in [5.41, 5.74) is 1.83. The number of hydrogen-bond acceptors (Lipinski definition) is 5. The molecule has 0 aromatic heterocycles. The van der Waals surface area contributed by atoms with Crippen LogP contribution in [0.15, 0.2) is 58.7 Å². The van der Waals surface area contributed by atoms with Gasteiger partial charge in [0.15, 0.2) is 5.17 Å². The van der Waals surface area contributed by atoms with Crippen LogP contribution in [0.4, 0.5) is 0 Å². The van der Waals surface area contributed by atoms with Crippen molar-refractivity contribution in [2.24, 2.45) is 10.2 Å². The lowest BCUT2D eigenvalue weighted by atomic mass is 10.2. The molecule has 0 saturated carbocycles. The summed E-state index contributed by atoms with van der Waals surface area (Å²) in [7, 11) is 0. The van der Waals surface area contributed by atoms with Crippen molar-refractivity contribution >= 4 is 40.7 Å². The lowest BCUT2D eigenvalue weighted by Gasteiger charge is -2.08. The predicted octanol–water partition coefficient (Wildman–Crippen LogP) is 3.47. The summed E-state index contributed by atoms with van der Waals surface area (Å²) in [4.78, 5) is 11.1. The number of hydrogen-bond donors (Lipinski definition) is 1. The van der Waals surface area contributed by atoms with Crippen LogP contribution >= 0.6 is 23.4 Å². The zero-order valence-corrected chi connectivity index (χ0v) is 14.2. The van der Waals surface area contributed by atoms with Crippen molar-refractivity contribution in [2.45, 2.75) is 6.61 Å². The van der Waals surface area contributed by atoms with E-state index in [1.165, 1.54) is 11.8 Å². The van der Waals surface area contributed by atoms with E-state index in [-0.39, 0.29) is 5.91 Å². The highest BCUT2D eigenvalue weighted by Gasteiger charge is 2.15. The van der Waals surface area contributed by atoms with Crippen molar-refractivity contribution < 1.29 is 9.53 Å². The van der Waals surface area contributed by atoms with Crippen LogP contribution in [0.2, 0.25) is 5.02 Å².